The number of hydrogen-bond acceptors (Lipinski definition) is 5. The molecule has 9 heteroatoms. The van der Waals surface area contributed by atoms with Crippen molar-refractivity contribution in [3.05, 3.63) is 0 Å². The van der Waals surface area contributed by atoms with Gasteiger partial charge in [0.25, 0.3) is 5.91 Å². The Balaban J connectivity index is 2.66. The predicted molar refractivity (Wildman–Crippen MR) is 65.9 cm³/mol. The van der Waals surface area contributed by atoms with Crippen LogP contribution in [-0.2, 0) is 19.2 Å². The molecule has 0 aromatic carbocycles. The van der Waals surface area contributed by atoms with Crippen molar-refractivity contribution in [1.29, 1.82) is 0 Å². The van der Waals surface area contributed by atoms with Gasteiger partial charge in [0.2, 0.25) is 5.91 Å². The fourth-order valence-corrected chi connectivity index (χ4v) is 1.60. The summed E-state index contributed by atoms with van der Waals surface area (Å²) in [5.74, 6) is -3.41. The number of nitrogens with one attached hydrogen (secondary N) is 1. The van der Waals surface area contributed by atoms with E-state index in [1.807, 2.05) is 0 Å². The Morgan fingerprint density at radius 1 is 1.35 bits per heavy atom. The van der Waals surface area contributed by atoms with Gasteiger partial charge in [0.1, 0.15) is 11.8 Å². The van der Waals surface area contributed by atoms with Gasteiger partial charge in [-0.2, -0.15) is 5.10 Å². The zero-order valence-corrected chi connectivity index (χ0v) is 10.8. The lowest BCUT2D eigenvalue weighted by molar-refractivity contribution is -0.142. The number of hydrogen-bond donors (Lipinski definition) is 3. The first-order valence-electron chi connectivity index (χ1n) is 5.90. The van der Waals surface area contributed by atoms with Gasteiger partial charge in [0.05, 0.1) is 0 Å². The maximum atomic E-state index is 11.8. The summed E-state index contributed by atoms with van der Waals surface area (Å²) in [6, 6.07) is -1.30. The van der Waals surface area contributed by atoms with Crippen LogP contribution >= 0.6 is 0 Å². The van der Waals surface area contributed by atoms with Crippen molar-refractivity contribution in [2.24, 2.45) is 5.10 Å². The molecule has 1 aliphatic rings. The first-order valence-corrected chi connectivity index (χ1v) is 5.90. The summed E-state index contributed by atoms with van der Waals surface area (Å²) in [4.78, 5) is 44.4. The highest BCUT2D eigenvalue weighted by atomic mass is 16.4. The van der Waals surface area contributed by atoms with Gasteiger partial charge in [0.15, 0.2) is 0 Å². The molecule has 0 spiro atoms. The number of hydrazone groups is 1. The Kier molecular flexibility index (Phi) is 5.18. The second-order valence-electron chi connectivity index (χ2n) is 4.26. The molecular formula is C11H15N3O6. The Hall–Kier alpha value is -2.45. The zero-order valence-electron chi connectivity index (χ0n) is 10.8. The summed E-state index contributed by atoms with van der Waals surface area (Å²) in [5.41, 5.74) is 0.0497. The van der Waals surface area contributed by atoms with E-state index in [0.29, 0.717) is 0 Å². The fraction of sp³-hybridized carbons (Fsp3) is 0.545. The number of amides is 2. The Morgan fingerprint density at radius 2 is 2.00 bits per heavy atom. The molecule has 20 heavy (non-hydrogen) atoms. The molecule has 1 atom stereocenters. The SMILES string of the molecule is CN1N=C(C(=O)N[C@@H](CCC(=O)O)C(=O)O)CCC1=O. The summed E-state index contributed by atoms with van der Waals surface area (Å²) < 4.78 is 0. The van der Waals surface area contributed by atoms with Gasteiger partial charge in [-0.25, -0.2) is 9.80 Å². The lowest BCUT2D eigenvalue weighted by atomic mass is 10.1. The number of nitrogens with zero attached hydrogens (tertiary/aromatic N) is 2. The van der Waals surface area contributed by atoms with E-state index in [2.05, 4.69) is 10.4 Å². The zero-order chi connectivity index (χ0) is 15.3. The number of carbonyl (C=O) groups is 4. The van der Waals surface area contributed by atoms with E-state index in [1.165, 1.54) is 7.05 Å². The average Bonchev–Trinajstić information content (AvgIpc) is 2.36. The third-order valence-electron chi connectivity index (χ3n) is 2.72. The number of carboxylic acid groups (broad SMARTS) is 2. The molecular weight excluding hydrogens is 270 g/mol. The van der Waals surface area contributed by atoms with E-state index in [0.717, 1.165) is 5.01 Å². The minimum atomic E-state index is -1.32. The summed E-state index contributed by atoms with van der Waals surface area (Å²) in [6.07, 6.45) is -0.351. The van der Waals surface area contributed by atoms with Gasteiger partial charge in [-0.05, 0) is 6.42 Å². The van der Waals surface area contributed by atoms with Crippen molar-refractivity contribution in [1.82, 2.24) is 10.3 Å². The maximum Gasteiger partial charge on any atom is 0.326 e. The third-order valence-corrected chi connectivity index (χ3v) is 2.72. The van der Waals surface area contributed by atoms with E-state index in [-0.39, 0.29) is 37.3 Å². The predicted octanol–water partition coefficient (Wildman–Crippen LogP) is -0.971. The quantitative estimate of drug-likeness (QED) is 0.574. The topological polar surface area (TPSA) is 136 Å². The van der Waals surface area contributed by atoms with Crippen LogP contribution in [0.4, 0.5) is 0 Å². The van der Waals surface area contributed by atoms with E-state index in [4.69, 9.17) is 10.2 Å². The van der Waals surface area contributed by atoms with Crippen LogP contribution in [0, 0.1) is 0 Å². The van der Waals surface area contributed by atoms with Crippen LogP contribution in [0.1, 0.15) is 25.7 Å². The van der Waals surface area contributed by atoms with Gasteiger partial charge >= 0.3 is 11.9 Å². The molecule has 0 unspecified atom stereocenters. The fourth-order valence-electron chi connectivity index (χ4n) is 1.60. The largest absolute Gasteiger partial charge is 0.481 e. The lowest BCUT2D eigenvalue weighted by Crippen LogP contribution is -2.46. The molecule has 1 rings (SSSR count). The molecule has 1 aliphatic heterocycles. The van der Waals surface area contributed by atoms with Crippen molar-refractivity contribution in [2.75, 3.05) is 7.05 Å². The molecule has 0 fully saturated rings. The molecule has 9 nitrogen and oxygen atoms in total. The molecule has 0 radical (unpaired) electrons. The van der Waals surface area contributed by atoms with Crippen molar-refractivity contribution >= 4 is 29.5 Å². The summed E-state index contributed by atoms with van der Waals surface area (Å²) >= 11 is 0. The van der Waals surface area contributed by atoms with Crippen molar-refractivity contribution < 1.29 is 29.4 Å². The van der Waals surface area contributed by atoms with Crippen LogP contribution in [0.15, 0.2) is 5.10 Å². The van der Waals surface area contributed by atoms with Crippen molar-refractivity contribution in [3.8, 4) is 0 Å². The van der Waals surface area contributed by atoms with Crippen molar-refractivity contribution in [2.45, 2.75) is 31.7 Å². The first-order chi connectivity index (χ1) is 9.31. The highest BCUT2D eigenvalue weighted by Gasteiger charge is 2.26. The van der Waals surface area contributed by atoms with Crippen LogP contribution < -0.4 is 5.32 Å². The molecule has 3 N–H and O–H groups in total. The van der Waals surface area contributed by atoms with Crippen LogP contribution in [0.5, 0.6) is 0 Å². The molecule has 1 heterocycles. The summed E-state index contributed by atoms with van der Waals surface area (Å²) in [7, 11) is 1.40. The van der Waals surface area contributed by atoms with Crippen LogP contribution in [0.2, 0.25) is 0 Å². The van der Waals surface area contributed by atoms with E-state index in [1.54, 1.807) is 0 Å². The second-order valence-corrected chi connectivity index (χ2v) is 4.26. The maximum absolute atomic E-state index is 11.8. The van der Waals surface area contributed by atoms with E-state index < -0.39 is 23.9 Å². The molecule has 110 valence electrons. The van der Waals surface area contributed by atoms with Gasteiger partial charge < -0.3 is 15.5 Å². The highest BCUT2D eigenvalue weighted by Crippen LogP contribution is 2.08. The van der Waals surface area contributed by atoms with Gasteiger partial charge in [-0.15, -0.1) is 0 Å². The molecule has 0 saturated heterocycles. The minimum absolute atomic E-state index is 0.0497. The van der Waals surface area contributed by atoms with Crippen LogP contribution in [-0.4, -0.2) is 57.8 Å². The molecule has 2 amide bonds. The lowest BCUT2D eigenvalue weighted by Gasteiger charge is -2.20. The minimum Gasteiger partial charge on any atom is -0.481 e. The molecule has 0 aromatic heterocycles. The molecule has 0 bridgehead atoms. The number of aliphatic carboxylic acids is 2. The van der Waals surface area contributed by atoms with Gasteiger partial charge in [0, 0.05) is 26.3 Å². The molecule has 0 aliphatic carbocycles. The summed E-state index contributed by atoms with van der Waals surface area (Å²) in [5, 5.41) is 24.4. The van der Waals surface area contributed by atoms with Gasteiger partial charge in [-0.3, -0.25) is 14.4 Å². The van der Waals surface area contributed by atoms with Crippen LogP contribution in [0.25, 0.3) is 0 Å². The normalized spacial score (nSPS) is 16.4. The summed E-state index contributed by atoms with van der Waals surface area (Å²) in [6.45, 7) is 0. The smallest absolute Gasteiger partial charge is 0.326 e. The molecule has 0 saturated carbocycles. The first kappa shape index (κ1) is 15.6. The number of carbonyl (C=O) groups excluding carboxylic acids is 2. The van der Waals surface area contributed by atoms with E-state index in [9.17, 15) is 19.2 Å². The Labute approximate surface area is 114 Å². The standard InChI is InChI=1S/C11H15N3O6/c1-14-8(15)4-2-6(13-14)10(18)12-7(11(19)20)3-5-9(16)17/h7H,2-5H2,1H3,(H,12,18)(H,16,17)(H,19,20)/t7-/m0/s1. The average molecular weight is 285 g/mol. The third kappa shape index (κ3) is 4.34. The van der Waals surface area contributed by atoms with Gasteiger partial charge in [-0.1, -0.05) is 0 Å². The Bertz CT molecular complexity index is 473. The Morgan fingerprint density at radius 3 is 2.50 bits per heavy atom. The van der Waals surface area contributed by atoms with E-state index >= 15 is 0 Å². The molecule has 0 aromatic rings. The second kappa shape index (κ2) is 6.64. The highest BCUT2D eigenvalue weighted by molar-refractivity contribution is 6.39. The van der Waals surface area contributed by atoms with Crippen LogP contribution in [0.3, 0.4) is 0 Å². The number of carboxylic acids is 2. The van der Waals surface area contributed by atoms with Crippen molar-refractivity contribution in [3.63, 3.8) is 0 Å². The monoisotopic (exact) mass is 285 g/mol. The number of rotatable bonds is 6.